The molecule has 4 nitrogen and oxygen atoms in total. The van der Waals surface area contributed by atoms with Crippen molar-refractivity contribution in [2.45, 2.75) is 90.9 Å². The third-order valence-corrected chi connectivity index (χ3v) is 7.73. The van der Waals surface area contributed by atoms with Crippen molar-refractivity contribution >= 4 is 17.3 Å². The van der Waals surface area contributed by atoms with Crippen molar-refractivity contribution in [2.75, 3.05) is 5.32 Å². The molecule has 2 aliphatic rings. The van der Waals surface area contributed by atoms with Gasteiger partial charge in [0.15, 0.2) is 0 Å². The SMILES string of the molecule is CCCCCCCCCCCC1=C(O)C2=C(C(=O)C1=O)C(c1ccc(C)c(C)c1)c1ccccc1N2. The maximum Gasteiger partial charge on any atom is 0.233 e. The molecule has 1 atom stereocenters. The number of carbonyl (C=O) groups is 2. The Morgan fingerprint density at radius 2 is 1.47 bits per heavy atom. The highest BCUT2D eigenvalue weighted by Crippen LogP contribution is 2.46. The van der Waals surface area contributed by atoms with Crippen LogP contribution in [0, 0.1) is 13.8 Å². The Hall–Kier alpha value is -3.14. The monoisotopic (exact) mass is 485 g/mol. The highest BCUT2D eigenvalue weighted by Gasteiger charge is 2.42. The molecule has 1 heterocycles. The van der Waals surface area contributed by atoms with Crippen LogP contribution in [-0.4, -0.2) is 16.7 Å². The number of carbonyl (C=O) groups excluding carboxylic acids is 2. The van der Waals surface area contributed by atoms with E-state index in [-0.39, 0.29) is 11.3 Å². The molecule has 1 unspecified atom stereocenters. The van der Waals surface area contributed by atoms with Gasteiger partial charge in [0.2, 0.25) is 11.6 Å². The van der Waals surface area contributed by atoms with Crippen LogP contribution in [0.1, 0.15) is 99.3 Å². The van der Waals surface area contributed by atoms with Crippen molar-refractivity contribution in [1.29, 1.82) is 0 Å². The van der Waals surface area contributed by atoms with E-state index in [1.807, 2.05) is 30.3 Å². The summed E-state index contributed by atoms with van der Waals surface area (Å²) in [6, 6.07) is 14.0. The number of fused-ring (bicyclic) bond motifs is 1. The Kier molecular flexibility index (Phi) is 8.45. The van der Waals surface area contributed by atoms with E-state index < -0.39 is 17.5 Å². The quantitative estimate of drug-likeness (QED) is 0.192. The van der Waals surface area contributed by atoms with Crippen molar-refractivity contribution in [1.82, 2.24) is 0 Å². The van der Waals surface area contributed by atoms with Gasteiger partial charge in [-0.05, 0) is 55.0 Å². The van der Waals surface area contributed by atoms with Gasteiger partial charge < -0.3 is 10.4 Å². The van der Waals surface area contributed by atoms with Crippen LogP contribution in [-0.2, 0) is 9.59 Å². The number of hydrogen-bond acceptors (Lipinski definition) is 4. The van der Waals surface area contributed by atoms with Gasteiger partial charge >= 0.3 is 0 Å². The van der Waals surface area contributed by atoms with Crippen LogP contribution >= 0.6 is 0 Å². The molecule has 0 aromatic heterocycles. The summed E-state index contributed by atoms with van der Waals surface area (Å²) in [5, 5.41) is 14.5. The molecule has 2 aromatic rings. The first-order valence-corrected chi connectivity index (χ1v) is 13.6. The average molecular weight is 486 g/mol. The van der Waals surface area contributed by atoms with Gasteiger partial charge in [-0.2, -0.15) is 0 Å². The van der Waals surface area contributed by atoms with E-state index in [0.717, 1.165) is 41.6 Å². The van der Waals surface area contributed by atoms with Crippen molar-refractivity contribution in [2.24, 2.45) is 0 Å². The Morgan fingerprint density at radius 3 is 2.17 bits per heavy atom. The summed E-state index contributed by atoms with van der Waals surface area (Å²) < 4.78 is 0. The van der Waals surface area contributed by atoms with Crippen LogP contribution in [0.4, 0.5) is 5.69 Å². The van der Waals surface area contributed by atoms with Gasteiger partial charge in [-0.25, -0.2) is 0 Å². The van der Waals surface area contributed by atoms with E-state index in [2.05, 4.69) is 38.2 Å². The lowest BCUT2D eigenvalue weighted by molar-refractivity contribution is -0.132. The summed E-state index contributed by atoms with van der Waals surface area (Å²) in [5.74, 6) is -1.51. The Labute approximate surface area is 215 Å². The summed E-state index contributed by atoms with van der Waals surface area (Å²) in [4.78, 5) is 26.8. The predicted octanol–water partition coefficient (Wildman–Crippen LogP) is 8.00. The molecule has 0 saturated heterocycles. The molecule has 0 spiro atoms. The number of aliphatic hydroxyl groups is 1. The van der Waals surface area contributed by atoms with Crippen molar-refractivity contribution < 1.29 is 14.7 Å². The lowest BCUT2D eigenvalue weighted by Crippen LogP contribution is -2.34. The summed E-state index contributed by atoms with van der Waals surface area (Å²) in [5.41, 5.74) is 6.07. The van der Waals surface area contributed by atoms with Gasteiger partial charge in [-0.15, -0.1) is 0 Å². The normalized spacial score (nSPS) is 17.2. The predicted molar refractivity (Wildman–Crippen MR) is 146 cm³/mol. The Morgan fingerprint density at radius 1 is 0.806 bits per heavy atom. The van der Waals surface area contributed by atoms with Gasteiger partial charge in [-0.3, -0.25) is 9.59 Å². The molecule has 1 aliphatic carbocycles. The summed E-state index contributed by atoms with van der Waals surface area (Å²) in [7, 11) is 0. The number of unbranched alkanes of at least 4 members (excludes halogenated alkanes) is 8. The molecule has 4 rings (SSSR count). The number of aryl methyl sites for hydroxylation is 2. The van der Waals surface area contributed by atoms with Crippen molar-refractivity contribution in [3.8, 4) is 0 Å². The van der Waals surface area contributed by atoms with Gasteiger partial charge in [0, 0.05) is 22.8 Å². The largest absolute Gasteiger partial charge is 0.505 e. The number of aliphatic hydroxyl groups excluding tert-OH is 1. The number of anilines is 1. The number of para-hydroxylation sites is 1. The van der Waals surface area contributed by atoms with Gasteiger partial charge in [0.1, 0.15) is 5.76 Å². The second-order valence-electron chi connectivity index (χ2n) is 10.3. The van der Waals surface area contributed by atoms with Crippen molar-refractivity contribution in [3.63, 3.8) is 0 Å². The third kappa shape index (κ3) is 5.33. The number of Topliss-reactive ketones (excluding diaryl/α,β-unsaturated/α-hetero) is 2. The number of hydrogen-bond donors (Lipinski definition) is 2. The van der Waals surface area contributed by atoms with E-state index in [1.54, 1.807) is 0 Å². The smallest absolute Gasteiger partial charge is 0.233 e. The maximum absolute atomic E-state index is 13.5. The van der Waals surface area contributed by atoms with E-state index in [0.29, 0.717) is 17.7 Å². The first-order valence-electron chi connectivity index (χ1n) is 13.6. The Balaban J connectivity index is 1.56. The van der Waals surface area contributed by atoms with E-state index in [1.165, 1.54) is 44.1 Å². The van der Waals surface area contributed by atoms with Crippen LogP contribution in [0.25, 0.3) is 0 Å². The number of rotatable bonds is 11. The fourth-order valence-corrected chi connectivity index (χ4v) is 5.45. The van der Waals surface area contributed by atoms with Crippen LogP contribution in [0.15, 0.2) is 65.1 Å². The summed E-state index contributed by atoms with van der Waals surface area (Å²) in [6.07, 6.45) is 11.0. The van der Waals surface area contributed by atoms with Crippen LogP contribution in [0.2, 0.25) is 0 Å². The molecule has 2 N–H and O–H groups in total. The van der Waals surface area contributed by atoms with Gasteiger partial charge in [0.05, 0.1) is 5.70 Å². The van der Waals surface area contributed by atoms with E-state index in [4.69, 9.17) is 0 Å². The summed E-state index contributed by atoms with van der Waals surface area (Å²) >= 11 is 0. The minimum absolute atomic E-state index is 0.0579. The molecular formula is C32H39NO3. The lowest BCUT2D eigenvalue weighted by atomic mass is 9.74. The highest BCUT2D eigenvalue weighted by molar-refractivity contribution is 6.50. The molecule has 0 saturated carbocycles. The highest BCUT2D eigenvalue weighted by atomic mass is 16.3. The summed E-state index contributed by atoms with van der Waals surface area (Å²) in [6.45, 7) is 6.34. The molecule has 4 heteroatoms. The van der Waals surface area contributed by atoms with Gasteiger partial charge in [0.25, 0.3) is 0 Å². The first-order chi connectivity index (χ1) is 17.4. The third-order valence-electron chi connectivity index (χ3n) is 7.73. The molecule has 0 bridgehead atoms. The zero-order chi connectivity index (χ0) is 25.7. The molecule has 36 heavy (non-hydrogen) atoms. The second-order valence-corrected chi connectivity index (χ2v) is 10.3. The molecule has 0 amide bonds. The molecule has 0 radical (unpaired) electrons. The standard InChI is InChI=1S/C32H39NO3/c1-4-5-6-7-8-9-10-11-12-16-25-30(34)29-28(32(36)31(25)35)27(23-19-18-21(2)22(3)20-23)24-15-13-14-17-26(24)33-29/h13-15,17-20,27,33-34H,4-12,16H2,1-3H3. The number of allylic oxidation sites excluding steroid dienone is 2. The minimum atomic E-state index is -0.555. The first kappa shape index (κ1) is 25.9. The molecule has 0 fully saturated rings. The van der Waals surface area contributed by atoms with Crippen LogP contribution < -0.4 is 5.32 Å². The topological polar surface area (TPSA) is 66.4 Å². The average Bonchev–Trinajstić information content (AvgIpc) is 2.88. The molecular weight excluding hydrogens is 446 g/mol. The molecule has 2 aromatic carbocycles. The second kappa shape index (κ2) is 11.7. The Bertz CT molecular complexity index is 1200. The molecule has 190 valence electrons. The van der Waals surface area contributed by atoms with Gasteiger partial charge in [-0.1, -0.05) is 94.7 Å². The minimum Gasteiger partial charge on any atom is -0.505 e. The van der Waals surface area contributed by atoms with Crippen molar-refractivity contribution in [3.05, 3.63) is 87.3 Å². The van der Waals surface area contributed by atoms with E-state index >= 15 is 0 Å². The zero-order valence-electron chi connectivity index (χ0n) is 22.0. The lowest BCUT2D eigenvalue weighted by Gasteiger charge is -2.34. The fraction of sp³-hybridized carbons (Fsp3) is 0.438. The van der Waals surface area contributed by atoms with E-state index in [9.17, 15) is 14.7 Å². The molecule has 1 aliphatic heterocycles. The zero-order valence-corrected chi connectivity index (χ0v) is 22.0. The maximum atomic E-state index is 13.5. The van der Waals surface area contributed by atoms with Crippen LogP contribution in [0.5, 0.6) is 0 Å². The van der Waals surface area contributed by atoms with Crippen LogP contribution in [0.3, 0.4) is 0 Å². The number of benzene rings is 2. The number of nitrogens with one attached hydrogen (secondary N) is 1. The fourth-order valence-electron chi connectivity index (χ4n) is 5.45. The number of ketones is 2.